The van der Waals surface area contributed by atoms with Crippen LogP contribution in [-0.2, 0) is 13.1 Å². The second-order valence-electron chi connectivity index (χ2n) is 7.63. The van der Waals surface area contributed by atoms with Gasteiger partial charge < -0.3 is 9.84 Å². The topological polar surface area (TPSA) is 61.7 Å². The highest BCUT2D eigenvalue weighted by Gasteiger charge is 2.27. The maximum Gasteiger partial charge on any atom is 0.187 e. The van der Waals surface area contributed by atoms with E-state index in [1.807, 2.05) is 18.6 Å². The zero-order valence-corrected chi connectivity index (χ0v) is 18.7. The Morgan fingerprint density at radius 1 is 1.14 bits per heavy atom. The van der Waals surface area contributed by atoms with E-state index in [0.717, 1.165) is 55.6 Å². The van der Waals surface area contributed by atoms with E-state index in [4.69, 9.17) is 4.74 Å². The summed E-state index contributed by atoms with van der Waals surface area (Å²) in [5.74, 6) is 0.942. The van der Waals surface area contributed by atoms with Crippen LogP contribution >= 0.6 is 11.8 Å². The smallest absolute Gasteiger partial charge is 0.187 e. The average Bonchev–Trinajstić information content (AvgIpc) is 2.74. The average molecular weight is 417 g/mol. The van der Waals surface area contributed by atoms with E-state index in [9.17, 15) is 5.11 Å². The fraction of sp³-hybridized carbons (Fsp3) is 0.545. The van der Waals surface area contributed by atoms with Gasteiger partial charge in [-0.05, 0) is 49.3 Å². The van der Waals surface area contributed by atoms with Crippen LogP contribution in [0.1, 0.15) is 28.7 Å². The quantitative estimate of drug-likeness (QED) is 0.524. The lowest BCUT2D eigenvalue weighted by Crippen LogP contribution is -2.52. The molecule has 7 heteroatoms. The molecule has 1 fully saturated rings. The second kappa shape index (κ2) is 10.4. The molecule has 1 aromatic carbocycles. The van der Waals surface area contributed by atoms with Gasteiger partial charge in [0, 0.05) is 63.3 Å². The fourth-order valence-corrected chi connectivity index (χ4v) is 4.30. The number of methoxy groups -OCH3 is 1. The molecule has 0 radical (unpaired) electrons. The maximum absolute atomic E-state index is 9.62. The zero-order chi connectivity index (χ0) is 20.8. The van der Waals surface area contributed by atoms with Crippen molar-refractivity contribution >= 4 is 11.8 Å². The minimum atomic E-state index is 0.209. The Balaban J connectivity index is 1.66. The van der Waals surface area contributed by atoms with Crippen molar-refractivity contribution in [3.63, 3.8) is 0 Å². The molecule has 0 unspecified atom stereocenters. The first-order chi connectivity index (χ1) is 14.0. The molecule has 1 aromatic heterocycles. The summed E-state index contributed by atoms with van der Waals surface area (Å²) in [6.07, 6.45) is 6.62. The minimum Gasteiger partial charge on any atom is -0.496 e. The summed E-state index contributed by atoms with van der Waals surface area (Å²) in [7, 11) is 1.72. The van der Waals surface area contributed by atoms with Crippen LogP contribution in [-0.4, -0.2) is 70.5 Å². The minimum absolute atomic E-state index is 0.209. The normalized spacial score (nSPS) is 18.2. The number of benzene rings is 1. The molecule has 29 heavy (non-hydrogen) atoms. The maximum atomic E-state index is 9.62. The molecule has 1 aliphatic rings. The van der Waals surface area contributed by atoms with Gasteiger partial charge in [0.05, 0.1) is 7.11 Å². The molecule has 1 N–H and O–H groups in total. The van der Waals surface area contributed by atoms with Crippen LogP contribution in [0, 0.1) is 13.8 Å². The molecule has 2 aromatic rings. The molecule has 0 saturated carbocycles. The largest absolute Gasteiger partial charge is 0.496 e. The van der Waals surface area contributed by atoms with Gasteiger partial charge in [-0.3, -0.25) is 9.80 Å². The van der Waals surface area contributed by atoms with Crippen molar-refractivity contribution in [2.45, 2.75) is 44.6 Å². The highest BCUT2D eigenvalue weighted by molar-refractivity contribution is 7.98. The Labute approximate surface area is 178 Å². The third-order valence-electron chi connectivity index (χ3n) is 5.86. The van der Waals surface area contributed by atoms with Crippen molar-refractivity contribution < 1.29 is 9.84 Å². The summed E-state index contributed by atoms with van der Waals surface area (Å²) in [6.45, 7) is 9.18. The molecule has 0 amide bonds. The van der Waals surface area contributed by atoms with E-state index in [0.29, 0.717) is 6.04 Å². The van der Waals surface area contributed by atoms with Gasteiger partial charge in [-0.25, -0.2) is 9.97 Å². The molecular formula is C22H32N4O2S. The van der Waals surface area contributed by atoms with E-state index in [1.165, 1.54) is 16.7 Å². The molecule has 0 spiro atoms. The van der Waals surface area contributed by atoms with Crippen LogP contribution in [0.2, 0.25) is 0 Å². The molecule has 6 nitrogen and oxygen atoms in total. The van der Waals surface area contributed by atoms with Crippen molar-refractivity contribution in [3.8, 4) is 5.75 Å². The number of rotatable bonds is 8. The predicted octanol–water partition coefficient (Wildman–Crippen LogP) is 2.89. The monoisotopic (exact) mass is 416 g/mol. The van der Waals surface area contributed by atoms with E-state index < -0.39 is 0 Å². The molecule has 1 saturated heterocycles. The number of thioether (sulfide) groups is 1. The SMILES string of the molecule is COc1ccc(CN2CCN(Cc3cnc(SC)nc3)C[C@@H]2CCO)c(C)c1C. The fourth-order valence-electron chi connectivity index (χ4n) is 3.98. The number of hydrogen-bond donors (Lipinski definition) is 1. The molecule has 0 aliphatic carbocycles. The first-order valence-corrected chi connectivity index (χ1v) is 11.3. The van der Waals surface area contributed by atoms with Gasteiger partial charge in [0.2, 0.25) is 0 Å². The molecule has 1 atom stereocenters. The summed E-state index contributed by atoms with van der Waals surface area (Å²) in [5, 5.41) is 10.4. The number of nitrogens with zero attached hydrogens (tertiary/aromatic N) is 4. The van der Waals surface area contributed by atoms with Gasteiger partial charge in [0.15, 0.2) is 5.16 Å². The zero-order valence-electron chi connectivity index (χ0n) is 17.9. The van der Waals surface area contributed by atoms with Crippen LogP contribution < -0.4 is 4.74 Å². The van der Waals surface area contributed by atoms with Gasteiger partial charge >= 0.3 is 0 Å². The second-order valence-corrected chi connectivity index (χ2v) is 8.40. The summed E-state index contributed by atoms with van der Waals surface area (Å²) < 4.78 is 5.45. The number of aromatic nitrogens is 2. The van der Waals surface area contributed by atoms with Crippen LogP contribution in [0.5, 0.6) is 5.75 Å². The Morgan fingerprint density at radius 2 is 1.90 bits per heavy atom. The predicted molar refractivity (Wildman–Crippen MR) is 117 cm³/mol. The van der Waals surface area contributed by atoms with Gasteiger partial charge in [-0.15, -0.1) is 0 Å². The number of piperazine rings is 1. The van der Waals surface area contributed by atoms with Gasteiger partial charge in [0.25, 0.3) is 0 Å². The molecule has 1 aliphatic heterocycles. The van der Waals surface area contributed by atoms with Crippen molar-refractivity contribution in [1.82, 2.24) is 19.8 Å². The first-order valence-electron chi connectivity index (χ1n) is 10.1. The molecule has 3 rings (SSSR count). The van der Waals surface area contributed by atoms with E-state index >= 15 is 0 Å². The van der Waals surface area contributed by atoms with Gasteiger partial charge in [-0.1, -0.05) is 17.8 Å². The Morgan fingerprint density at radius 3 is 2.55 bits per heavy atom. The van der Waals surface area contributed by atoms with Crippen LogP contribution in [0.3, 0.4) is 0 Å². The molecule has 0 bridgehead atoms. The number of aliphatic hydroxyl groups is 1. The highest BCUT2D eigenvalue weighted by atomic mass is 32.2. The Kier molecular flexibility index (Phi) is 7.89. The van der Waals surface area contributed by atoms with Crippen molar-refractivity contribution in [2.75, 3.05) is 39.6 Å². The molecule has 2 heterocycles. The van der Waals surface area contributed by atoms with Crippen LogP contribution in [0.15, 0.2) is 29.7 Å². The third kappa shape index (κ3) is 5.48. The lowest BCUT2D eigenvalue weighted by Gasteiger charge is -2.41. The highest BCUT2D eigenvalue weighted by Crippen LogP contribution is 2.26. The summed E-state index contributed by atoms with van der Waals surface area (Å²) in [5.41, 5.74) is 4.97. The van der Waals surface area contributed by atoms with Crippen molar-refractivity contribution in [2.24, 2.45) is 0 Å². The van der Waals surface area contributed by atoms with Crippen molar-refractivity contribution in [1.29, 1.82) is 0 Å². The first kappa shape index (κ1) is 22.0. The Bertz CT molecular complexity index is 800. The lowest BCUT2D eigenvalue weighted by molar-refractivity contribution is 0.0497. The van der Waals surface area contributed by atoms with Gasteiger partial charge in [-0.2, -0.15) is 0 Å². The Hall–Kier alpha value is -1.67. The van der Waals surface area contributed by atoms with Crippen LogP contribution in [0.4, 0.5) is 0 Å². The van der Waals surface area contributed by atoms with Crippen LogP contribution in [0.25, 0.3) is 0 Å². The summed E-state index contributed by atoms with van der Waals surface area (Å²) in [6, 6.07) is 4.57. The summed E-state index contributed by atoms with van der Waals surface area (Å²) in [4.78, 5) is 13.7. The number of ether oxygens (including phenoxy) is 1. The standard InChI is InChI=1S/C22H32N4O2S/c1-16-17(2)21(28-3)6-5-19(16)14-26-9-8-25(15-20(26)7-10-27)13-18-11-23-22(29-4)24-12-18/h5-6,11-12,20,27H,7-10,13-15H2,1-4H3/t20-/m0/s1. The van der Waals surface area contributed by atoms with E-state index in [2.05, 4.69) is 45.7 Å². The van der Waals surface area contributed by atoms with Crippen molar-refractivity contribution in [3.05, 3.63) is 46.8 Å². The molecule has 158 valence electrons. The van der Waals surface area contributed by atoms with E-state index in [1.54, 1.807) is 18.9 Å². The van der Waals surface area contributed by atoms with E-state index in [-0.39, 0.29) is 6.61 Å². The molecular weight excluding hydrogens is 384 g/mol. The lowest BCUT2D eigenvalue weighted by atomic mass is 10.00. The third-order valence-corrected chi connectivity index (χ3v) is 6.44. The van der Waals surface area contributed by atoms with Gasteiger partial charge in [0.1, 0.15) is 5.75 Å². The summed E-state index contributed by atoms with van der Waals surface area (Å²) >= 11 is 1.56. The number of hydrogen-bond acceptors (Lipinski definition) is 7. The number of aliphatic hydroxyl groups excluding tert-OH is 1.